The summed E-state index contributed by atoms with van der Waals surface area (Å²) in [4.78, 5) is 5.81. The SMILES string of the molecule is Cc1nc(CNCC2Cc3ccccc3S2)oc1C. The summed E-state index contributed by atoms with van der Waals surface area (Å²) in [5.41, 5.74) is 2.46. The number of aryl methyl sites for hydroxylation is 2. The molecule has 0 saturated carbocycles. The Labute approximate surface area is 117 Å². The average molecular weight is 274 g/mol. The summed E-state index contributed by atoms with van der Waals surface area (Å²) in [6.07, 6.45) is 1.15. The van der Waals surface area contributed by atoms with Crippen LogP contribution in [-0.2, 0) is 13.0 Å². The van der Waals surface area contributed by atoms with Crippen molar-refractivity contribution in [3.05, 3.63) is 47.2 Å². The van der Waals surface area contributed by atoms with Gasteiger partial charge in [-0.05, 0) is 31.9 Å². The Bertz CT molecular complexity index is 535. The van der Waals surface area contributed by atoms with Gasteiger partial charge in [-0.3, -0.25) is 0 Å². The first-order valence-electron chi connectivity index (χ1n) is 6.60. The number of nitrogens with one attached hydrogen (secondary N) is 1. The highest BCUT2D eigenvalue weighted by Crippen LogP contribution is 2.36. The van der Waals surface area contributed by atoms with Crippen LogP contribution in [0.3, 0.4) is 0 Å². The lowest BCUT2D eigenvalue weighted by Gasteiger charge is -2.08. The van der Waals surface area contributed by atoms with Gasteiger partial charge in [0.15, 0.2) is 0 Å². The normalized spacial score (nSPS) is 17.7. The van der Waals surface area contributed by atoms with Gasteiger partial charge in [-0.2, -0.15) is 0 Å². The Balaban J connectivity index is 1.50. The second-order valence-electron chi connectivity index (χ2n) is 4.93. The second-order valence-corrected chi connectivity index (χ2v) is 6.27. The maximum absolute atomic E-state index is 5.56. The standard InChI is InChI=1S/C15H18N2OS/c1-10-11(2)18-15(17-10)9-16-8-13-7-12-5-3-4-6-14(12)19-13/h3-6,13,16H,7-9H2,1-2H3. The fraction of sp³-hybridized carbons (Fsp3) is 0.400. The van der Waals surface area contributed by atoms with Crippen LogP contribution in [0.2, 0.25) is 0 Å². The highest BCUT2D eigenvalue weighted by molar-refractivity contribution is 8.00. The van der Waals surface area contributed by atoms with Crippen molar-refractivity contribution in [2.45, 2.75) is 37.0 Å². The number of thioether (sulfide) groups is 1. The summed E-state index contributed by atoms with van der Waals surface area (Å²) in [5, 5.41) is 4.06. The molecule has 1 aromatic carbocycles. The van der Waals surface area contributed by atoms with E-state index in [-0.39, 0.29) is 0 Å². The molecule has 3 rings (SSSR count). The lowest BCUT2D eigenvalue weighted by atomic mass is 10.1. The van der Waals surface area contributed by atoms with Gasteiger partial charge in [0, 0.05) is 16.7 Å². The van der Waals surface area contributed by atoms with E-state index in [0.29, 0.717) is 11.8 Å². The topological polar surface area (TPSA) is 38.1 Å². The summed E-state index contributed by atoms with van der Waals surface area (Å²) in [6.45, 7) is 5.63. The van der Waals surface area contributed by atoms with Crippen molar-refractivity contribution in [3.63, 3.8) is 0 Å². The van der Waals surface area contributed by atoms with Crippen molar-refractivity contribution in [1.29, 1.82) is 0 Å². The fourth-order valence-electron chi connectivity index (χ4n) is 2.32. The first-order chi connectivity index (χ1) is 9.22. The van der Waals surface area contributed by atoms with E-state index in [2.05, 4.69) is 34.6 Å². The van der Waals surface area contributed by atoms with Gasteiger partial charge in [-0.25, -0.2) is 4.98 Å². The Hall–Kier alpha value is -1.26. The molecule has 0 bridgehead atoms. The molecule has 0 amide bonds. The van der Waals surface area contributed by atoms with Gasteiger partial charge in [-0.1, -0.05) is 18.2 Å². The molecule has 2 heterocycles. The van der Waals surface area contributed by atoms with E-state index in [0.717, 1.165) is 30.3 Å². The van der Waals surface area contributed by atoms with Crippen LogP contribution in [0.25, 0.3) is 0 Å². The van der Waals surface area contributed by atoms with Gasteiger partial charge >= 0.3 is 0 Å². The molecule has 4 heteroatoms. The first kappa shape index (κ1) is 12.8. The highest BCUT2D eigenvalue weighted by atomic mass is 32.2. The predicted octanol–water partition coefficient (Wildman–Crippen LogP) is 3.10. The molecule has 1 unspecified atom stereocenters. The van der Waals surface area contributed by atoms with Gasteiger partial charge in [0.05, 0.1) is 12.2 Å². The number of hydrogen-bond acceptors (Lipinski definition) is 4. The molecule has 1 aromatic heterocycles. The number of rotatable bonds is 4. The molecule has 0 fully saturated rings. The van der Waals surface area contributed by atoms with Crippen molar-refractivity contribution in [1.82, 2.24) is 10.3 Å². The van der Waals surface area contributed by atoms with E-state index in [1.165, 1.54) is 10.5 Å². The minimum atomic E-state index is 0.620. The van der Waals surface area contributed by atoms with E-state index in [1.54, 1.807) is 0 Å². The summed E-state index contributed by atoms with van der Waals surface area (Å²) in [5.74, 6) is 1.70. The highest BCUT2D eigenvalue weighted by Gasteiger charge is 2.21. The summed E-state index contributed by atoms with van der Waals surface area (Å²) >= 11 is 1.97. The van der Waals surface area contributed by atoms with E-state index >= 15 is 0 Å². The Morgan fingerprint density at radius 3 is 2.95 bits per heavy atom. The average Bonchev–Trinajstić information content (AvgIpc) is 2.93. The third-order valence-electron chi connectivity index (χ3n) is 3.43. The summed E-state index contributed by atoms with van der Waals surface area (Å²) in [6, 6.07) is 8.66. The van der Waals surface area contributed by atoms with Crippen LogP contribution in [-0.4, -0.2) is 16.8 Å². The van der Waals surface area contributed by atoms with Crippen LogP contribution in [0.5, 0.6) is 0 Å². The fourth-order valence-corrected chi connectivity index (χ4v) is 3.61. The van der Waals surface area contributed by atoms with Crippen molar-refractivity contribution >= 4 is 11.8 Å². The Morgan fingerprint density at radius 1 is 1.37 bits per heavy atom. The molecular weight excluding hydrogens is 256 g/mol. The van der Waals surface area contributed by atoms with Crippen molar-refractivity contribution in [2.24, 2.45) is 0 Å². The third kappa shape index (κ3) is 2.85. The van der Waals surface area contributed by atoms with Crippen LogP contribution in [0, 0.1) is 13.8 Å². The zero-order chi connectivity index (χ0) is 13.2. The van der Waals surface area contributed by atoms with Crippen molar-refractivity contribution in [3.8, 4) is 0 Å². The van der Waals surface area contributed by atoms with Crippen LogP contribution in [0.1, 0.15) is 22.9 Å². The molecule has 100 valence electrons. The summed E-state index contributed by atoms with van der Waals surface area (Å²) in [7, 11) is 0. The number of benzene rings is 1. The molecule has 1 aliphatic rings. The zero-order valence-electron chi connectivity index (χ0n) is 11.3. The van der Waals surface area contributed by atoms with Crippen LogP contribution < -0.4 is 5.32 Å². The quantitative estimate of drug-likeness (QED) is 0.929. The lowest BCUT2D eigenvalue weighted by Crippen LogP contribution is -2.24. The Kier molecular flexibility index (Phi) is 3.62. The molecule has 1 atom stereocenters. The molecule has 0 aliphatic carbocycles. The van der Waals surface area contributed by atoms with Crippen LogP contribution >= 0.6 is 11.8 Å². The number of hydrogen-bond donors (Lipinski definition) is 1. The smallest absolute Gasteiger partial charge is 0.208 e. The molecule has 3 nitrogen and oxygen atoms in total. The number of oxazole rings is 1. The second kappa shape index (κ2) is 5.39. The van der Waals surface area contributed by atoms with E-state index in [9.17, 15) is 0 Å². The first-order valence-corrected chi connectivity index (χ1v) is 7.48. The molecule has 0 spiro atoms. The zero-order valence-corrected chi connectivity index (χ0v) is 12.1. The maximum atomic E-state index is 5.56. The van der Waals surface area contributed by atoms with Crippen LogP contribution in [0.4, 0.5) is 0 Å². The van der Waals surface area contributed by atoms with Gasteiger partial charge < -0.3 is 9.73 Å². The lowest BCUT2D eigenvalue weighted by molar-refractivity contribution is 0.449. The monoisotopic (exact) mass is 274 g/mol. The predicted molar refractivity (Wildman–Crippen MR) is 77.5 cm³/mol. The van der Waals surface area contributed by atoms with Gasteiger partial charge in [-0.15, -0.1) is 11.8 Å². The van der Waals surface area contributed by atoms with Gasteiger partial charge in [0.2, 0.25) is 5.89 Å². The van der Waals surface area contributed by atoms with Crippen molar-refractivity contribution < 1.29 is 4.42 Å². The molecule has 2 aromatic rings. The van der Waals surface area contributed by atoms with E-state index in [4.69, 9.17) is 4.42 Å². The van der Waals surface area contributed by atoms with Gasteiger partial charge in [0.25, 0.3) is 0 Å². The van der Waals surface area contributed by atoms with E-state index in [1.807, 2.05) is 25.6 Å². The molecule has 0 saturated heterocycles. The van der Waals surface area contributed by atoms with E-state index < -0.39 is 0 Å². The van der Waals surface area contributed by atoms with Crippen molar-refractivity contribution in [2.75, 3.05) is 6.54 Å². The third-order valence-corrected chi connectivity index (χ3v) is 4.75. The van der Waals surface area contributed by atoms with Crippen LogP contribution in [0.15, 0.2) is 33.6 Å². The molecule has 1 N–H and O–H groups in total. The number of nitrogens with zero attached hydrogens (tertiary/aromatic N) is 1. The molecular formula is C15H18N2OS. The summed E-state index contributed by atoms with van der Waals surface area (Å²) < 4.78 is 5.56. The molecule has 19 heavy (non-hydrogen) atoms. The maximum Gasteiger partial charge on any atom is 0.208 e. The Morgan fingerprint density at radius 2 is 2.21 bits per heavy atom. The minimum Gasteiger partial charge on any atom is -0.444 e. The minimum absolute atomic E-state index is 0.620. The largest absolute Gasteiger partial charge is 0.444 e. The number of aromatic nitrogens is 1. The molecule has 1 aliphatic heterocycles. The number of fused-ring (bicyclic) bond motifs is 1. The van der Waals surface area contributed by atoms with Gasteiger partial charge in [0.1, 0.15) is 5.76 Å². The molecule has 0 radical (unpaired) electrons.